The lowest BCUT2D eigenvalue weighted by atomic mass is 10.2. The number of ether oxygens (including phenoxy) is 2. The Morgan fingerprint density at radius 3 is 2.80 bits per heavy atom. The van der Waals surface area contributed by atoms with Crippen LogP contribution in [0.3, 0.4) is 0 Å². The summed E-state index contributed by atoms with van der Waals surface area (Å²) in [5.41, 5.74) is 1.21. The predicted octanol–water partition coefficient (Wildman–Crippen LogP) is 3.85. The van der Waals surface area contributed by atoms with Crippen molar-refractivity contribution in [3.63, 3.8) is 0 Å². The highest BCUT2D eigenvalue weighted by molar-refractivity contribution is 6.35. The predicted molar refractivity (Wildman–Crippen MR) is 95.2 cm³/mol. The number of benzene rings is 2. The smallest absolute Gasteiger partial charge is 0.326 e. The standard InChI is InChI=1S/C18H15Cl2NO4/c19-13-6-5-12(14(20)9-13)11-25-18(23)10-21-15-3-1-2-4-16(15)24-8-7-17(21)22/h1-6,9H,7-8,10-11H2. The lowest BCUT2D eigenvalue weighted by Gasteiger charge is -2.20. The van der Waals surface area contributed by atoms with Gasteiger partial charge in [-0.3, -0.25) is 14.5 Å². The average molecular weight is 380 g/mol. The van der Waals surface area contributed by atoms with Gasteiger partial charge in [-0.15, -0.1) is 0 Å². The number of halogens is 2. The number of carbonyl (C=O) groups excluding carboxylic acids is 2. The van der Waals surface area contributed by atoms with E-state index in [4.69, 9.17) is 32.7 Å². The third-order valence-corrected chi connectivity index (χ3v) is 4.31. The van der Waals surface area contributed by atoms with E-state index in [1.54, 1.807) is 36.4 Å². The van der Waals surface area contributed by atoms with Crippen LogP contribution in [-0.2, 0) is 20.9 Å². The molecule has 7 heteroatoms. The van der Waals surface area contributed by atoms with Gasteiger partial charge < -0.3 is 9.47 Å². The Kier molecular flexibility index (Phi) is 5.46. The van der Waals surface area contributed by atoms with Gasteiger partial charge in [0.05, 0.1) is 18.7 Å². The maximum Gasteiger partial charge on any atom is 0.326 e. The first-order chi connectivity index (χ1) is 12.0. The van der Waals surface area contributed by atoms with E-state index in [-0.39, 0.29) is 32.1 Å². The van der Waals surface area contributed by atoms with E-state index < -0.39 is 5.97 Å². The minimum Gasteiger partial charge on any atom is -0.491 e. The van der Waals surface area contributed by atoms with E-state index in [0.717, 1.165) is 0 Å². The summed E-state index contributed by atoms with van der Waals surface area (Å²) in [6.45, 7) is 0.0984. The average Bonchev–Trinajstić information content (AvgIpc) is 2.74. The lowest BCUT2D eigenvalue weighted by Crippen LogP contribution is -2.36. The van der Waals surface area contributed by atoms with Crippen molar-refractivity contribution in [2.45, 2.75) is 13.0 Å². The van der Waals surface area contributed by atoms with Crippen LogP contribution in [0.15, 0.2) is 42.5 Å². The summed E-state index contributed by atoms with van der Waals surface area (Å²) in [6, 6.07) is 12.0. The topological polar surface area (TPSA) is 55.8 Å². The Labute approximate surface area is 155 Å². The summed E-state index contributed by atoms with van der Waals surface area (Å²) < 4.78 is 10.8. The van der Waals surface area contributed by atoms with E-state index in [1.165, 1.54) is 4.90 Å². The number of nitrogens with zero attached hydrogens (tertiary/aromatic N) is 1. The Hall–Kier alpha value is -2.24. The first kappa shape index (κ1) is 17.6. The Balaban J connectivity index is 1.68. The fraction of sp³-hybridized carbons (Fsp3) is 0.222. The maximum absolute atomic E-state index is 12.3. The number of hydrogen-bond donors (Lipinski definition) is 0. The molecule has 1 amide bonds. The zero-order chi connectivity index (χ0) is 17.8. The number of para-hydroxylation sites is 2. The van der Waals surface area contributed by atoms with Crippen LogP contribution in [0.4, 0.5) is 5.69 Å². The quantitative estimate of drug-likeness (QED) is 0.757. The molecule has 0 N–H and O–H groups in total. The molecule has 2 aromatic carbocycles. The van der Waals surface area contributed by atoms with Crippen molar-refractivity contribution < 1.29 is 19.1 Å². The second-order valence-corrected chi connectivity index (χ2v) is 6.29. The molecule has 0 aliphatic carbocycles. The van der Waals surface area contributed by atoms with Crippen LogP contribution < -0.4 is 9.64 Å². The molecule has 2 aromatic rings. The number of esters is 1. The Morgan fingerprint density at radius 2 is 2.00 bits per heavy atom. The van der Waals surface area contributed by atoms with Crippen molar-refractivity contribution >= 4 is 40.8 Å². The molecule has 0 radical (unpaired) electrons. The van der Waals surface area contributed by atoms with Gasteiger partial charge in [-0.2, -0.15) is 0 Å². The van der Waals surface area contributed by atoms with Gasteiger partial charge in [0.25, 0.3) is 0 Å². The molecule has 0 fully saturated rings. The molecule has 25 heavy (non-hydrogen) atoms. The molecular formula is C18H15Cl2NO4. The zero-order valence-corrected chi connectivity index (χ0v) is 14.7. The van der Waals surface area contributed by atoms with Gasteiger partial charge in [-0.1, -0.05) is 41.4 Å². The van der Waals surface area contributed by atoms with Gasteiger partial charge >= 0.3 is 5.97 Å². The van der Waals surface area contributed by atoms with Gasteiger partial charge in [0.2, 0.25) is 5.91 Å². The Bertz CT molecular complexity index is 809. The highest BCUT2D eigenvalue weighted by Gasteiger charge is 2.25. The highest BCUT2D eigenvalue weighted by Crippen LogP contribution is 2.31. The molecule has 0 unspecified atom stereocenters. The summed E-state index contributed by atoms with van der Waals surface area (Å²) in [5, 5.41) is 0.928. The number of hydrogen-bond acceptors (Lipinski definition) is 4. The fourth-order valence-electron chi connectivity index (χ4n) is 2.46. The van der Waals surface area contributed by atoms with Gasteiger partial charge in [-0.25, -0.2) is 0 Å². The maximum atomic E-state index is 12.3. The molecule has 0 saturated carbocycles. The molecule has 0 spiro atoms. The Morgan fingerprint density at radius 1 is 1.20 bits per heavy atom. The van der Waals surface area contributed by atoms with Gasteiger partial charge in [0.1, 0.15) is 18.9 Å². The minimum absolute atomic E-state index is 0.00894. The number of anilines is 1. The molecule has 5 nitrogen and oxygen atoms in total. The van der Waals surface area contributed by atoms with E-state index in [9.17, 15) is 9.59 Å². The molecule has 0 atom stereocenters. The van der Waals surface area contributed by atoms with Crippen LogP contribution in [0, 0.1) is 0 Å². The first-order valence-electron chi connectivity index (χ1n) is 7.66. The van der Waals surface area contributed by atoms with Gasteiger partial charge in [-0.05, 0) is 24.3 Å². The van der Waals surface area contributed by atoms with Crippen LogP contribution in [0.2, 0.25) is 10.0 Å². The third-order valence-electron chi connectivity index (χ3n) is 3.72. The second-order valence-electron chi connectivity index (χ2n) is 5.44. The normalized spacial score (nSPS) is 13.7. The molecule has 130 valence electrons. The summed E-state index contributed by atoms with van der Waals surface area (Å²) in [4.78, 5) is 25.9. The second kappa shape index (κ2) is 7.76. The fourth-order valence-corrected chi connectivity index (χ4v) is 2.93. The number of amides is 1. The largest absolute Gasteiger partial charge is 0.491 e. The monoisotopic (exact) mass is 379 g/mol. The SMILES string of the molecule is O=C(CN1C(=O)CCOc2ccccc21)OCc1ccc(Cl)cc1Cl. The number of rotatable bonds is 4. The number of carbonyl (C=O) groups is 2. The molecular weight excluding hydrogens is 365 g/mol. The summed E-state index contributed by atoms with van der Waals surface area (Å²) in [7, 11) is 0. The van der Waals surface area contributed by atoms with Crippen molar-refractivity contribution in [1.82, 2.24) is 0 Å². The molecule has 0 bridgehead atoms. The van der Waals surface area contributed by atoms with Crippen molar-refractivity contribution in [2.24, 2.45) is 0 Å². The highest BCUT2D eigenvalue weighted by atomic mass is 35.5. The zero-order valence-electron chi connectivity index (χ0n) is 13.2. The van der Waals surface area contributed by atoms with E-state index in [2.05, 4.69) is 0 Å². The van der Waals surface area contributed by atoms with E-state index >= 15 is 0 Å². The summed E-state index contributed by atoms with van der Waals surface area (Å²) in [6.07, 6.45) is 0.199. The minimum atomic E-state index is -0.531. The van der Waals surface area contributed by atoms with Gasteiger partial charge in [0, 0.05) is 15.6 Å². The lowest BCUT2D eigenvalue weighted by molar-refractivity contribution is -0.144. The molecule has 1 aliphatic heterocycles. The molecule has 1 heterocycles. The molecule has 0 saturated heterocycles. The van der Waals surface area contributed by atoms with Crippen LogP contribution in [0.25, 0.3) is 0 Å². The van der Waals surface area contributed by atoms with Crippen molar-refractivity contribution in [3.05, 3.63) is 58.1 Å². The van der Waals surface area contributed by atoms with Crippen LogP contribution >= 0.6 is 23.2 Å². The molecule has 0 aromatic heterocycles. The molecule has 3 rings (SSSR count). The molecule has 1 aliphatic rings. The van der Waals surface area contributed by atoms with Crippen molar-refractivity contribution in [1.29, 1.82) is 0 Å². The summed E-state index contributed by atoms with van der Waals surface area (Å²) >= 11 is 11.9. The first-order valence-corrected chi connectivity index (χ1v) is 8.42. The van der Waals surface area contributed by atoms with Gasteiger partial charge in [0.15, 0.2) is 0 Å². The number of fused-ring (bicyclic) bond motifs is 1. The van der Waals surface area contributed by atoms with E-state index in [0.29, 0.717) is 27.0 Å². The summed E-state index contributed by atoms with van der Waals surface area (Å²) in [5.74, 6) is -0.149. The van der Waals surface area contributed by atoms with Crippen LogP contribution in [0.1, 0.15) is 12.0 Å². The van der Waals surface area contributed by atoms with Crippen molar-refractivity contribution in [2.75, 3.05) is 18.1 Å². The van der Waals surface area contributed by atoms with Crippen LogP contribution in [-0.4, -0.2) is 25.0 Å². The van der Waals surface area contributed by atoms with Crippen LogP contribution in [0.5, 0.6) is 5.75 Å². The van der Waals surface area contributed by atoms with E-state index in [1.807, 2.05) is 6.07 Å². The third kappa shape index (κ3) is 4.24. The van der Waals surface area contributed by atoms with Crippen molar-refractivity contribution in [3.8, 4) is 5.75 Å².